The number of aliphatic hydroxyl groups is 1. The topological polar surface area (TPSA) is 52.6 Å². The highest BCUT2D eigenvalue weighted by molar-refractivity contribution is 5.78. The van der Waals surface area contributed by atoms with Crippen LogP contribution in [-0.4, -0.2) is 48.2 Å². The van der Waals surface area contributed by atoms with Crippen LogP contribution in [0.4, 0.5) is 0 Å². The van der Waals surface area contributed by atoms with Crippen molar-refractivity contribution in [1.29, 1.82) is 0 Å². The molecule has 2 aliphatic rings. The number of nitrogens with zero attached hydrogens (tertiary/aromatic N) is 1. The first-order valence-electron chi connectivity index (χ1n) is 7.91. The molecule has 2 N–H and O–H groups in total. The molecule has 1 heterocycles. The van der Waals surface area contributed by atoms with E-state index in [9.17, 15) is 9.90 Å². The highest BCUT2D eigenvalue weighted by atomic mass is 16.3. The van der Waals surface area contributed by atoms with E-state index in [1.165, 1.54) is 38.5 Å². The summed E-state index contributed by atoms with van der Waals surface area (Å²) in [4.78, 5) is 13.8. The van der Waals surface area contributed by atoms with Gasteiger partial charge in [0.15, 0.2) is 0 Å². The number of carbonyl (C=O) groups excluding carboxylic acids is 1. The highest BCUT2D eigenvalue weighted by Gasteiger charge is 2.21. The number of carbonyl (C=O) groups is 1. The molecule has 0 radical (unpaired) electrons. The van der Waals surface area contributed by atoms with Gasteiger partial charge in [-0.15, -0.1) is 0 Å². The molecule has 2 rings (SSSR count). The van der Waals surface area contributed by atoms with Gasteiger partial charge in [0.25, 0.3) is 0 Å². The van der Waals surface area contributed by atoms with Gasteiger partial charge in [-0.3, -0.25) is 9.69 Å². The number of β-amino-alcohol motifs (C(OH)–C–C–N with tert-alkyl or cyclic N) is 1. The number of hydrogen-bond acceptors (Lipinski definition) is 3. The number of amides is 1. The lowest BCUT2D eigenvalue weighted by molar-refractivity contribution is -0.122. The van der Waals surface area contributed by atoms with Gasteiger partial charge in [0.2, 0.25) is 5.91 Å². The second-order valence-corrected chi connectivity index (χ2v) is 6.17. The Bertz CT molecular complexity index is 277. The minimum atomic E-state index is -0.237. The molecule has 4 heteroatoms. The van der Waals surface area contributed by atoms with Crippen LogP contribution in [0.5, 0.6) is 0 Å². The Kier molecular flexibility index (Phi) is 6.11. The molecule has 0 spiro atoms. The van der Waals surface area contributed by atoms with Crippen LogP contribution in [0.1, 0.15) is 51.4 Å². The van der Waals surface area contributed by atoms with Gasteiger partial charge in [-0.1, -0.05) is 32.1 Å². The van der Waals surface area contributed by atoms with E-state index in [1.54, 1.807) is 0 Å². The van der Waals surface area contributed by atoms with E-state index >= 15 is 0 Å². The highest BCUT2D eigenvalue weighted by Crippen LogP contribution is 2.26. The Morgan fingerprint density at radius 2 is 2.00 bits per heavy atom. The predicted molar refractivity (Wildman–Crippen MR) is 75.9 cm³/mol. The summed E-state index contributed by atoms with van der Waals surface area (Å²) in [6, 6.07) is 0. The van der Waals surface area contributed by atoms with Crippen molar-refractivity contribution in [3.05, 3.63) is 0 Å². The first kappa shape index (κ1) is 14.8. The van der Waals surface area contributed by atoms with E-state index in [0.717, 1.165) is 31.8 Å². The summed E-state index contributed by atoms with van der Waals surface area (Å²) in [7, 11) is 0. The fourth-order valence-electron chi connectivity index (χ4n) is 3.31. The van der Waals surface area contributed by atoms with Gasteiger partial charge < -0.3 is 10.4 Å². The summed E-state index contributed by atoms with van der Waals surface area (Å²) < 4.78 is 0. The summed E-state index contributed by atoms with van der Waals surface area (Å²) in [5.41, 5.74) is 0. The quantitative estimate of drug-likeness (QED) is 0.718. The van der Waals surface area contributed by atoms with Gasteiger partial charge in [0, 0.05) is 19.6 Å². The van der Waals surface area contributed by atoms with Crippen molar-refractivity contribution in [3.63, 3.8) is 0 Å². The zero-order chi connectivity index (χ0) is 13.5. The Balaban J connectivity index is 1.49. The van der Waals surface area contributed by atoms with Gasteiger partial charge in [-0.25, -0.2) is 0 Å². The smallest absolute Gasteiger partial charge is 0.234 e. The van der Waals surface area contributed by atoms with Crippen molar-refractivity contribution in [1.82, 2.24) is 10.2 Å². The Morgan fingerprint density at radius 3 is 2.68 bits per heavy atom. The van der Waals surface area contributed by atoms with E-state index in [1.807, 2.05) is 4.90 Å². The lowest BCUT2D eigenvalue weighted by Crippen LogP contribution is -2.36. The lowest BCUT2D eigenvalue weighted by Gasteiger charge is -2.21. The molecule has 0 aromatic carbocycles. The molecule has 4 nitrogen and oxygen atoms in total. The molecular weight excluding hydrogens is 240 g/mol. The second kappa shape index (κ2) is 7.85. The number of hydrogen-bond donors (Lipinski definition) is 2. The van der Waals surface area contributed by atoms with Gasteiger partial charge in [0.1, 0.15) is 0 Å². The van der Waals surface area contributed by atoms with Crippen molar-refractivity contribution in [2.24, 2.45) is 5.92 Å². The van der Waals surface area contributed by atoms with Gasteiger partial charge in [-0.2, -0.15) is 0 Å². The molecule has 1 saturated carbocycles. The molecule has 110 valence electrons. The molecule has 0 aromatic heterocycles. The number of likely N-dealkylation sites (tertiary alicyclic amines) is 1. The maximum Gasteiger partial charge on any atom is 0.234 e. The van der Waals surface area contributed by atoms with Gasteiger partial charge >= 0.3 is 0 Å². The zero-order valence-corrected chi connectivity index (χ0v) is 11.9. The minimum absolute atomic E-state index is 0.109. The fourth-order valence-corrected chi connectivity index (χ4v) is 3.31. The van der Waals surface area contributed by atoms with Crippen LogP contribution in [-0.2, 0) is 4.79 Å². The lowest BCUT2D eigenvalue weighted by atomic mass is 9.86. The molecule has 0 aromatic rings. The van der Waals surface area contributed by atoms with Crippen molar-refractivity contribution in [2.45, 2.75) is 57.5 Å². The van der Waals surface area contributed by atoms with Crippen LogP contribution >= 0.6 is 0 Å². The normalized spacial score (nSPS) is 25.6. The molecule has 1 aliphatic heterocycles. The predicted octanol–water partition coefficient (Wildman–Crippen LogP) is 1.53. The van der Waals surface area contributed by atoms with E-state index < -0.39 is 0 Å². The van der Waals surface area contributed by atoms with Crippen molar-refractivity contribution in [3.8, 4) is 0 Å². The van der Waals surface area contributed by atoms with Crippen LogP contribution in [0.25, 0.3) is 0 Å². The molecule has 0 unspecified atom stereocenters. The summed E-state index contributed by atoms with van der Waals surface area (Å²) >= 11 is 0. The van der Waals surface area contributed by atoms with Crippen molar-refractivity contribution in [2.75, 3.05) is 26.2 Å². The average Bonchev–Trinajstić information content (AvgIpc) is 2.81. The van der Waals surface area contributed by atoms with E-state index in [-0.39, 0.29) is 12.0 Å². The third kappa shape index (κ3) is 5.49. The van der Waals surface area contributed by atoms with Gasteiger partial charge in [-0.05, 0) is 25.2 Å². The fraction of sp³-hybridized carbons (Fsp3) is 0.933. The molecular formula is C15H28N2O2. The summed E-state index contributed by atoms with van der Waals surface area (Å²) in [6.07, 6.45) is 9.92. The first-order valence-corrected chi connectivity index (χ1v) is 7.91. The summed E-state index contributed by atoms with van der Waals surface area (Å²) in [5.74, 6) is 1.01. The third-order valence-electron chi connectivity index (χ3n) is 4.45. The van der Waals surface area contributed by atoms with Crippen LogP contribution in [0.2, 0.25) is 0 Å². The van der Waals surface area contributed by atoms with Crippen LogP contribution < -0.4 is 5.32 Å². The summed E-state index contributed by atoms with van der Waals surface area (Å²) in [5, 5.41) is 12.4. The Hall–Kier alpha value is -0.610. The van der Waals surface area contributed by atoms with Crippen LogP contribution in [0.3, 0.4) is 0 Å². The average molecular weight is 268 g/mol. The Morgan fingerprint density at radius 1 is 1.21 bits per heavy atom. The number of nitrogens with one attached hydrogen (secondary N) is 1. The maximum absolute atomic E-state index is 11.7. The van der Waals surface area contributed by atoms with E-state index in [4.69, 9.17) is 0 Å². The largest absolute Gasteiger partial charge is 0.392 e. The zero-order valence-electron chi connectivity index (χ0n) is 11.9. The Labute approximate surface area is 116 Å². The molecule has 1 aliphatic carbocycles. The second-order valence-electron chi connectivity index (χ2n) is 6.17. The summed E-state index contributed by atoms with van der Waals surface area (Å²) in [6.45, 7) is 2.75. The third-order valence-corrected chi connectivity index (χ3v) is 4.45. The number of aliphatic hydroxyl groups excluding tert-OH is 1. The standard InChI is InChI=1S/C15H28N2O2/c18-14-8-10-17(11-14)12-15(19)16-9-4-7-13-5-2-1-3-6-13/h13-14,18H,1-12H2,(H,16,19)/t14-/m0/s1. The first-order chi connectivity index (χ1) is 9.24. The maximum atomic E-state index is 11.7. The molecule has 1 saturated heterocycles. The molecule has 1 amide bonds. The van der Waals surface area contributed by atoms with Crippen molar-refractivity contribution >= 4 is 5.91 Å². The monoisotopic (exact) mass is 268 g/mol. The van der Waals surface area contributed by atoms with Crippen LogP contribution in [0.15, 0.2) is 0 Å². The molecule has 19 heavy (non-hydrogen) atoms. The van der Waals surface area contributed by atoms with E-state index in [0.29, 0.717) is 13.1 Å². The molecule has 0 bridgehead atoms. The van der Waals surface area contributed by atoms with Gasteiger partial charge in [0.05, 0.1) is 12.6 Å². The van der Waals surface area contributed by atoms with E-state index in [2.05, 4.69) is 5.32 Å². The minimum Gasteiger partial charge on any atom is -0.392 e. The number of rotatable bonds is 6. The molecule has 2 fully saturated rings. The van der Waals surface area contributed by atoms with Crippen LogP contribution in [0, 0.1) is 5.92 Å². The van der Waals surface area contributed by atoms with Crippen molar-refractivity contribution < 1.29 is 9.90 Å². The SMILES string of the molecule is O=C(CN1CC[C@H](O)C1)NCCCC1CCCCC1. The molecule has 1 atom stereocenters.